The molecule has 1 heterocycles. The largest absolute Gasteiger partial charge is 0.411 e. The van der Waals surface area contributed by atoms with Crippen LogP contribution in [0, 0.1) is 6.92 Å². The van der Waals surface area contributed by atoms with E-state index in [1.54, 1.807) is 24.3 Å². The smallest absolute Gasteiger partial charge is 0.277 e. The molecule has 2 aromatic carbocycles. The predicted octanol–water partition coefficient (Wildman–Crippen LogP) is 4.45. The number of aromatic nitrogens is 2. The second-order valence-corrected chi connectivity index (χ2v) is 8.45. The maximum absolute atomic E-state index is 12.6. The Labute approximate surface area is 185 Å². The van der Waals surface area contributed by atoms with E-state index in [1.165, 1.54) is 0 Å². The average Bonchev–Trinajstić information content (AvgIpc) is 3.45. The fraction of sp³-hybridized carbons (Fsp3) is 0.304. The van der Waals surface area contributed by atoms with Gasteiger partial charge in [0.2, 0.25) is 11.8 Å². The first-order valence-corrected chi connectivity index (χ1v) is 11.3. The van der Waals surface area contributed by atoms with Gasteiger partial charge in [-0.25, -0.2) is 0 Å². The molecule has 0 atom stereocenters. The number of carbonyl (C=O) groups is 2. The summed E-state index contributed by atoms with van der Waals surface area (Å²) in [6, 6.07) is 15.0. The highest BCUT2D eigenvalue weighted by Crippen LogP contribution is 2.26. The van der Waals surface area contributed by atoms with Crippen LogP contribution < -0.4 is 10.6 Å². The zero-order chi connectivity index (χ0) is 21.6. The molecule has 0 saturated heterocycles. The SMILES string of the molecule is Cc1ccccc1-c1nnc(SCC(=O)Nc2ccccc2C(=O)NC2CCCC2)o1. The highest BCUT2D eigenvalue weighted by atomic mass is 32.2. The molecule has 1 aliphatic carbocycles. The van der Waals surface area contributed by atoms with Crippen LogP contribution in [-0.2, 0) is 4.79 Å². The molecule has 0 bridgehead atoms. The van der Waals surface area contributed by atoms with Crippen LogP contribution in [0.5, 0.6) is 0 Å². The van der Waals surface area contributed by atoms with Crippen LogP contribution in [0.4, 0.5) is 5.69 Å². The Morgan fingerprint density at radius 3 is 2.61 bits per heavy atom. The van der Waals surface area contributed by atoms with Crippen LogP contribution in [0.3, 0.4) is 0 Å². The topological polar surface area (TPSA) is 97.1 Å². The molecule has 7 nitrogen and oxygen atoms in total. The number of rotatable bonds is 7. The first-order chi connectivity index (χ1) is 15.1. The number of nitrogens with one attached hydrogen (secondary N) is 2. The minimum atomic E-state index is -0.248. The van der Waals surface area contributed by atoms with Crippen molar-refractivity contribution in [1.29, 1.82) is 0 Å². The van der Waals surface area contributed by atoms with Crippen LogP contribution in [0.1, 0.15) is 41.6 Å². The van der Waals surface area contributed by atoms with Crippen molar-refractivity contribution >= 4 is 29.3 Å². The van der Waals surface area contributed by atoms with Gasteiger partial charge in [-0.2, -0.15) is 0 Å². The Kier molecular flexibility index (Phi) is 6.66. The molecule has 2 amide bonds. The van der Waals surface area contributed by atoms with Crippen molar-refractivity contribution in [1.82, 2.24) is 15.5 Å². The van der Waals surface area contributed by atoms with E-state index in [4.69, 9.17) is 4.42 Å². The van der Waals surface area contributed by atoms with Gasteiger partial charge < -0.3 is 15.1 Å². The fourth-order valence-electron chi connectivity index (χ4n) is 3.63. The standard InChI is InChI=1S/C23H24N4O3S/c1-15-8-2-5-11-17(15)22-26-27-23(30-22)31-14-20(28)25-19-13-7-6-12-18(19)21(29)24-16-9-3-4-10-16/h2,5-8,11-13,16H,3-4,9-10,14H2,1H3,(H,24,29)(H,25,28). The van der Waals surface area contributed by atoms with Gasteiger partial charge in [-0.3, -0.25) is 9.59 Å². The number of amides is 2. The Morgan fingerprint density at radius 1 is 1.06 bits per heavy atom. The summed E-state index contributed by atoms with van der Waals surface area (Å²) in [6.07, 6.45) is 4.29. The van der Waals surface area contributed by atoms with E-state index in [0.29, 0.717) is 22.4 Å². The van der Waals surface area contributed by atoms with Gasteiger partial charge in [-0.15, -0.1) is 10.2 Å². The number of hydrogen-bond donors (Lipinski definition) is 2. The molecular weight excluding hydrogens is 412 g/mol. The summed E-state index contributed by atoms with van der Waals surface area (Å²) in [4.78, 5) is 25.1. The van der Waals surface area contributed by atoms with Crippen LogP contribution in [0.2, 0.25) is 0 Å². The first-order valence-electron chi connectivity index (χ1n) is 10.3. The summed E-state index contributed by atoms with van der Waals surface area (Å²) in [5, 5.41) is 14.3. The maximum atomic E-state index is 12.6. The van der Waals surface area contributed by atoms with Gasteiger partial charge in [-0.1, -0.05) is 54.9 Å². The van der Waals surface area contributed by atoms with Gasteiger partial charge in [0.05, 0.1) is 17.0 Å². The van der Waals surface area contributed by atoms with Gasteiger partial charge >= 0.3 is 0 Å². The zero-order valence-electron chi connectivity index (χ0n) is 17.3. The van der Waals surface area contributed by atoms with Crippen LogP contribution in [0.15, 0.2) is 58.2 Å². The van der Waals surface area contributed by atoms with E-state index in [0.717, 1.165) is 48.6 Å². The Hall–Kier alpha value is -3.13. The molecule has 8 heteroatoms. The van der Waals surface area contributed by atoms with Crippen molar-refractivity contribution in [3.63, 3.8) is 0 Å². The molecule has 1 aliphatic rings. The monoisotopic (exact) mass is 436 g/mol. The number of aryl methyl sites for hydroxylation is 1. The molecule has 160 valence electrons. The number of nitrogens with zero attached hydrogens (tertiary/aromatic N) is 2. The molecule has 4 rings (SSSR count). The summed E-state index contributed by atoms with van der Waals surface area (Å²) < 4.78 is 5.68. The van der Waals surface area contributed by atoms with Crippen molar-refractivity contribution in [2.75, 3.05) is 11.1 Å². The molecule has 0 radical (unpaired) electrons. The molecule has 1 fully saturated rings. The van der Waals surface area contributed by atoms with Crippen molar-refractivity contribution in [2.24, 2.45) is 0 Å². The number of thioether (sulfide) groups is 1. The third-order valence-electron chi connectivity index (χ3n) is 5.24. The lowest BCUT2D eigenvalue weighted by atomic mass is 10.1. The number of hydrogen-bond acceptors (Lipinski definition) is 6. The summed E-state index contributed by atoms with van der Waals surface area (Å²) >= 11 is 1.16. The van der Waals surface area contributed by atoms with Crippen LogP contribution >= 0.6 is 11.8 Å². The fourth-order valence-corrected chi connectivity index (χ4v) is 4.19. The minimum Gasteiger partial charge on any atom is -0.411 e. The van der Waals surface area contributed by atoms with Crippen molar-refractivity contribution in [3.05, 3.63) is 59.7 Å². The number of anilines is 1. The lowest BCUT2D eigenvalue weighted by Gasteiger charge is -2.14. The number of carbonyl (C=O) groups excluding carboxylic acids is 2. The normalized spacial score (nSPS) is 13.8. The van der Waals surface area contributed by atoms with Crippen molar-refractivity contribution in [2.45, 2.75) is 43.9 Å². The number of para-hydroxylation sites is 1. The second-order valence-electron chi connectivity index (χ2n) is 7.53. The summed E-state index contributed by atoms with van der Waals surface area (Å²) in [7, 11) is 0. The van der Waals surface area contributed by atoms with E-state index >= 15 is 0 Å². The zero-order valence-corrected chi connectivity index (χ0v) is 18.1. The number of benzene rings is 2. The molecule has 1 aromatic heterocycles. The Morgan fingerprint density at radius 2 is 1.81 bits per heavy atom. The first kappa shape index (κ1) is 21.1. The van der Waals surface area contributed by atoms with E-state index in [1.807, 2.05) is 31.2 Å². The van der Waals surface area contributed by atoms with Crippen LogP contribution in [0.25, 0.3) is 11.5 Å². The third kappa shape index (κ3) is 5.32. The molecule has 1 saturated carbocycles. The lowest BCUT2D eigenvalue weighted by Crippen LogP contribution is -2.33. The molecular formula is C23H24N4O3S. The van der Waals surface area contributed by atoms with Gasteiger partial charge in [0.25, 0.3) is 11.1 Å². The van der Waals surface area contributed by atoms with Gasteiger partial charge in [0.15, 0.2) is 0 Å². The van der Waals surface area contributed by atoms with Crippen LogP contribution in [-0.4, -0.2) is 33.8 Å². The third-order valence-corrected chi connectivity index (χ3v) is 6.06. The molecule has 0 spiro atoms. The molecule has 3 aromatic rings. The van der Waals surface area contributed by atoms with Gasteiger partial charge in [0.1, 0.15) is 0 Å². The summed E-state index contributed by atoms with van der Waals surface area (Å²) in [5.41, 5.74) is 2.86. The predicted molar refractivity (Wildman–Crippen MR) is 120 cm³/mol. The average molecular weight is 437 g/mol. The maximum Gasteiger partial charge on any atom is 0.277 e. The quantitative estimate of drug-likeness (QED) is 0.531. The van der Waals surface area contributed by atoms with Gasteiger partial charge in [-0.05, 0) is 43.5 Å². The molecule has 31 heavy (non-hydrogen) atoms. The molecule has 2 N–H and O–H groups in total. The van der Waals surface area contributed by atoms with E-state index < -0.39 is 0 Å². The Balaban J connectivity index is 1.35. The minimum absolute atomic E-state index is 0.0913. The highest BCUT2D eigenvalue weighted by molar-refractivity contribution is 7.99. The molecule has 0 aliphatic heterocycles. The van der Waals surface area contributed by atoms with Crippen molar-refractivity contribution < 1.29 is 14.0 Å². The Bertz CT molecular complexity index is 1080. The van der Waals surface area contributed by atoms with Crippen molar-refractivity contribution in [3.8, 4) is 11.5 Å². The second kappa shape index (κ2) is 9.78. The van der Waals surface area contributed by atoms with E-state index in [-0.39, 0.29) is 23.6 Å². The van der Waals surface area contributed by atoms with E-state index in [2.05, 4.69) is 20.8 Å². The highest BCUT2D eigenvalue weighted by Gasteiger charge is 2.20. The summed E-state index contributed by atoms with van der Waals surface area (Å²) in [5.74, 6) is 0.112. The van der Waals surface area contributed by atoms with Gasteiger partial charge in [0, 0.05) is 11.6 Å². The lowest BCUT2D eigenvalue weighted by molar-refractivity contribution is -0.113. The summed E-state index contributed by atoms with van der Waals surface area (Å²) in [6.45, 7) is 1.97. The molecule has 0 unspecified atom stereocenters. The van der Waals surface area contributed by atoms with E-state index in [9.17, 15) is 9.59 Å².